The Kier molecular flexibility index (Phi) is 5.22. The highest BCUT2D eigenvalue weighted by Crippen LogP contribution is 2.30. The Morgan fingerprint density at radius 3 is 2.69 bits per heavy atom. The minimum Gasteiger partial charge on any atom is -0.510 e. The number of fused-ring (bicyclic) bond motifs is 1. The van der Waals surface area contributed by atoms with E-state index in [2.05, 4.69) is 16.0 Å². The van der Waals surface area contributed by atoms with Crippen LogP contribution in [0.4, 0.5) is 0 Å². The molecule has 0 aliphatic rings. The lowest BCUT2D eigenvalue weighted by molar-refractivity contribution is 0.421. The Morgan fingerprint density at radius 2 is 2.00 bits per heavy atom. The molecular weight excluding hydrogens is 364 g/mol. The molecule has 5 nitrogen and oxygen atoms in total. The summed E-state index contributed by atoms with van der Waals surface area (Å²) in [4.78, 5) is 8.80. The number of benzene rings is 1. The number of allylic oxidation sites excluding steroid dienone is 1. The van der Waals surface area contributed by atoms with Gasteiger partial charge >= 0.3 is 0 Å². The third-order valence-electron chi connectivity index (χ3n) is 3.68. The van der Waals surface area contributed by atoms with Crippen LogP contribution in [0, 0.1) is 36.5 Å². The highest BCUT2D eigenvalue weighted by atomic mass is 32.2. The zero-order valence-electron chi connectivity index (χ0n) is 14.1. The van der Waals surface area contributed by atoms with Crippen molar-refractivity contribution in [1.82, 2.24) is 9.97 Å². The summed E-state index contributed by atoms with van der Waals surface area (Å²) in [6.07, 6.45) is 0. The molecule has 0 spiro atoms. The van der Waals surface area contributed by atoms with Gasteiger partial charge < -0.3 is 5.11 Å². The Labute approximate surface area is 159 Å². The molecule has 0 aliphatic heterocycles. The second kappa shape index (κ2) is 7.57. The molecule has 0 unspecified atom stereocenters. The normalized spacial score (nSPS) is 11.7. The SMILES string of the molecule is Cc1cc(C)c(C#N)c(SCC(O)=C(C#N)c2nc3ccccc3s2)n1. The van der Waals surface area contributed by atoms with Crippen molar-refractivity contribution in [2.75, 3.05) is 5.75 Å². The number of hydrogen-bond acceptors (Lipinski definition) is 7. The van der Waals surface area contributed by atoms with Gasteiger partial charge in [-0.15, -0.1) is 11.3 Å². The molecule has 0 saturated carbocycles. The van der Waals surface area contributed by atoms with Gasteiger partial charge in [0, 0.05) is 5.69 Å². The third-order valence-corrected chi connectivity index (χ3v) is 5.72. The maximum atomic E-state index is 10.4. The van der Waals surface area contributed by atoms with E-state index in [1.807, 2.05) is 50.2 Å². The average molecular weight is 378 g/mol. The van der Waals surface area contributed by atoms with E-state index in [1.165, 1.54) is 23.1 Å². The number of pyridine rings is 1. The van der Waals surface area contributed by atoms with Crippen LogP contribution in [-0.4, -0.2) is 20.8 Å². The summed E-state index contributed by atoms with van der Waals surface area (Å²) in [5.41, 5.74) is 3.09. The summed E-state index contributed by atoms with van der Waals surface area (Å²) in [5, 5.41) is 30.3. The van der Waals surface area contributed by atoms with Gasteiger partial charge in [-0.2, -0.15) is 10.5 Å². The maximum absolute atomic E-state index is 10.4. The molecule has 2 aromatic heterocycles. The molecule has 3 aromatic rings. The zero-order chi connectivity index (χ0) is 18.7. The number of aliphatic hydroxyl groups is 1. The number of thioether (sulfide) groups is 1. The van der Waals surface area contributed by atoms with Gasteiger partial charge in [0.1, 0.15) is 33.5 Å². The predicted octanol–water partition coefficient (Wildman–Crippen LogP) is 4.76. The summed E-state index contributed by atoms with van der Waals surface area (Å²) in [6.45, 7) is 3.71. The Balaban J connectivity index is 1.91. The molecule has 2 heterocycles. The van der Waals surface area contributed by atoms with Crippen molar-refractivity contribution in [3.05, 3.63) is 57.9 Å². The standard InChI is InChI=1S/C19H14N4OS2/c1-11-7-12(2)22-18(13(11)8-20)25-10-16(24)14(9-21)19-23-15-5-3-4-6-17(15)26-19/h3-7,24H,10H2,1-2H3. The molecule has 3 rings (SSSR count). The summed E-state index contributed by atoms with van der Waals surface area (Å²) < 4.78 is 0.957. The number of hydrogen-bond donors (Lipinski definition) is 1. The maximum Gasteiger partial charge on any atom is 0.138 e. The van der Waals surface area contributed by atoms with Crippen LogP contribution < -0.4 is 0 Å². The molecule has 0 radical (unpaired) electrons. The largest absolute Gasteiger partial charge is 0.510 e. The second-order valence-corrected chi connectivity index (χ2v) is 7.58. The molecule has 0 aliphatic carbocycles. The fourth-order valence-electron chi connectivity index (χ4n) is 2.47. The van der Waals surface area contributed by atoms with Crippen LogP contribution in [0.5, 0.6) is 0 Å². The van der Waals surface area contributed by atoms with E-state index in [0.717, 1.165) is 21.5 Å². The van der Waals surface area contributed by atoms with Crippen LogP contribution >= 0.6 is 23.1 Å². The van der Waals surface area contributed by atoms with E-state index in [0.29, 0.717) is 15.6 Å². The molecular formula is C19H14N4OS2. The second-order valence-electron chi connectivity index (χ2n) is 5.58. The molecule has 7 heteroatoms. The minimum atomic E-state index is -0.0681. The van der Waals surface area contributed by atoms with Crippen molar-refractivity contribution < 1.29 is 5.11 Å². The van der Waals surface area contributed by atoms with Crippen molar-refractivity contribution in [3.63, 3.8) is 0 Å². The number of aryl methyl sites for hydroxylation is 2. The lowest BCUT2D eigenvalue weighted by atomic mass is 10.1. The van der Waals surface area contributed by atoms with Gasteiger partial charge in [0.25, 0.3) is 0 Å². The first-order chi connectivity index (χ1) is 12.5. The molecule has 26 heavy (non-hydrogen) atoms. The minimum absolute atomic E-state index is 0.0681. The number of aliphatic hydroxyl groups excluding tert-OH is 1. The first kappa shape index (κ1) is 17.9. The van der Waals surface area contributed by atoms with Crippen molar-refractivity contribution in [2.45, 2.75) is 18.9 Å². The van der Waals surface area contributed by atoms with Crippen LogP contribution in [0.2, 0.25) is 0 Å². The van der Waals surface area contributed by atoms with Gasteiger partial charge in [0.15, 0.2) is 0 Å². The number of thiazole rings is 1. The monoisotopic (exact) mass is 378 g/mol. The molecule has 0 atom stereocenters. The summed E-state index contributed by atoms with van der Waals surface area (Å²) >= 11 is 2.60. The molecule has 1 aromatic carbocycles. The van der Waals surface area contributed by atoms with E-state index in [9.17, 15) is 15.6 Å². The average Bonchev–Trinajstić information content (AvgIpc) is 3.03. The van der Waals surface area contributed by atoms with Crippen LogP contribution in [0.1, 0.15) is 21.8 Å². The smallest absolute Gasteiger partial charge is 0.138 e. The molecule has 1 N–H and O–H groups in total. The summed E-state index contributed by atoms with van der Waals surface area (Å²) in [7, 11) is 0. The van der Waals surface area contributed by atoms with Gasteiger partial charge in [0.2, 0.25) is 0 Å². The van der Waals surface area contributed by atoms with Crippen molar-refractivity contribution in [2.24, 2.45) is 0 Å². The number of aromatic nitrogens is 2. The number of rotatable bonds is 4. The quantitative estimate of drug-likeness (QED) is 0.399. The first-order valence-electron chi connectivity index (χ1n) is 7.72. The topological polar surface area (TPSA) is 93.6 Å². The van der Waals surface area contributed by atoms with Crippen molar-refractivity contribution in [3.8, 4) is 12.1 Å². The molecule has 0 saturated heterocycles. The molecule has 0 bridgehead atoms. The van der Waals surface area contributed by atoms with Gasteiger partial charge in [-0.1, -0.05) is 23.9 Å². The van der Waals surface area contributed by atoms with Crippen LogP contribution in [0.3, 0.4) is 0 Å². The van der Waals surface area contributed by atoms with Gasteiger partial charge in [-0.25, -0.2) is 9.97 Å². The number of nitrogens with zero attached hydrogens (tertiary/aromatic N) is 4. The molecule has 128 valence electrons. The Hall–Kier alpha value is -2.87. The summed E-state index contributed by atoms with van der Waals surface area (Å²) in [5.74, 6) is 0.0741. The van der Waals surface area contributed by atoms with Crippen molar-refractivity contribution in [1.29, 1.82) is 10.5 Å². The van der Waals surface area contributed by atoms with E-state index < -0.39 is 0 Å². The van der Waals surface area contributed by atoms with E-state index >= 15 is 0 Å². The highest BCUT2D eigenvalue weighted by Gasteiger charge is 2.16. The van der Waals surface area contributed by atoms with Crippen molar-refractivity contribution >= 4 is 38.9 Å². The number of para-hydroxylation sites is 1. The Morgan fingerprint density at radius 1 is 1.23 bits per heavy atom. The fourth-order valence-corrected chi connectivity index (χ4v) is 4.43. The van der Waals surface area contributed by atoms with Crippen LogP contribution in [0.25, 0.3) is 15.8 Å². The van der Waals surface area contributed by atoms with Crippen LogP contribution in [0.15, 0.2) is 41.1 Å². The fraction of sp³-hybridized carbons (Fsp3) is 0.158. The van der Waals surface area contributed by atoms with E-state index in [4.69, 9.17) is 0 Å². The van der Waals surface area contributed by atoms with E-state index in [1.54, 1.807) is 0 Å². The third kappa shape index (κ3) is 3.55. The van der Waals surface area contributed by atoms with Gasteiger partial charge in [-0.05, 0) is 37.6 Å². The first-order valence-corrected chi connectivity index (χ1v) is 9.53. The predicted molar refractivity (Wildman–Crippen MR) is 104 cm³/mol. The summed E-state index contributed by atoms with van der Waals surface area (Å²) in [6, 6.07) is 13.6. The van der Waals surface area contributed by atoms with Gasteiger partial charge in [-0.3, -0.25) is 0 Å². The van der Waals surface area contributed by atoms with Crippen LogP contribution in [-0.2, 0) is 0 Å². The lowest BCUT2D eigenvalue weighted by Crippen LogP contribution is -1.97. The molecule has 0 amide bonds. The zero-order valence-corrected chi connectivity index (χ0v) is 15.8. The highest BCUT2D eigenvalue weighted by molar-refractivity contribution is 7.99. The molecule has 0 fully saturated rings. The van der Waals surface area contributed by atoms with Gasteiger partial charge in [0.05, 0.1) is 21.5 Å². The van der Waals surface area contributed by atoms with E-state index in [-0.39, 0.29) is 17.1 Å². The number of nitriles is 2. The Bertz CT molecular complexity index is 1070. The lowest BCUT2D eigenvalue weighted by Gasteiger charge is -2.07.